The minimum Gasteiger partial charge on any atom is -0.387 e. The van der Waals surface area contributed by atoms with Gasteiger partial charge in [0.05, 0.1) is 6.04 Å². The molecule has 0 aromatic heterocycles. The Morgan fingerprint density at radius 3 is 3.08 bits per heavy atom. The second-order valence-electron chi connectivity index (χ2n) is 2.80. The molecule has 1 heterocycles. The highest BCUT2D eigenvalue weighted by molar-refractivity contribution is 5.78. The lowest BCUT2D eigenvalue weighted by Crippen LogP contribution is -2.36. The van der Waals surface area contributed by atoms with Crippen molar-refractivity contribution in [2.45, 2.75) is 25.8 Å². The molecule has 12 heavy (non-hydrogen) atoms. The summed E-state index contributed by atoms with van der Waals surface area (Å²) < 4.78 is 0. The zero-order valence-corrected chi connectivity index (χ0v) is 7.21. The van der Waals surface area contributed by atoms with Gasteiger partial charge in [-0.15, -0.1) is 5.92 Å². The summed E-state index contributed by atoms with van der Waals surface area (Å²) in [5.41, 5.74) is 0. The Kier molecular flexibility index (Phi) is 3.12. The normalized spacial score (nSPS) is 21.8. The van der Waals surface area contributed by atoms with Crippen molar-refractivity contribution < 1.29 is 9.90 Å². The minimum atomic E-state index is -0.401. The van der Waals surface area contributed by atoms with Crippen molar-refractivity contribution in [2.24, 2.45) is 0 Å². The van der Waals surface area contributed by atoms with Crippen LogP contribution in [0.25, 0.3) is 0 Å². The van der Waals surface area contributed by atoms with Gasteiger partial charge >= 0.3 is 0 Å². The number of nitrogens with zero attached hydrogens (tertiary/aromatic N) is 1. The maximum Gasteiger partial charge on any atom is 0.249 e. The van der Waals surface area contributed by atoms with E-state index in [0.717, 1.165) is 19.4 Å². The Hall–Kier alpha value is -1.01. The van der Waals surface area contributed by atoms with E-state index in [1.807, 2.05) is 0 Å². The molecule has 1 atom stereocenters. The van der Waals surface area contributed by atoms with Gasteiger partial charge in [0.2, 0.25) is 5.91 Å². The fourth-order valence-corrected chi connectivity index (χ4v) is 1.47. The third kappa shape index (κ3) is 1.77. The molecular weight excluding hydrogens is 154 g/mol. The van der Waals surface area contributed by atoms with E-state index < -0.39 is 6.61 Å². The molecule has 1 aliphatic rings. The van der Waals surface area contributed by atoms with Crippen LogP contribution in [0.15, 0.2) is 0 Å². The number of likely N-dealkylation sites (tertiary alicyclic amines) is 1. The predicted octanol–water partition coefficient (Wildman–Crippen LogP) is -0.00700. The number of hydrogen-bond donors (Lipinski definition) is 1. The summed E-state index contributed by atoms with van der Waals surface area (Å²) in [6.45, 7) is 2.10. The predicted molar refractivity (Wildman–Crippen MR) is 45.3 cm³/mol. The highest BCUT2D eigenvalue weighted by Crippen LogP contribution is 2.15. The van der Waals surface area contributed by atoms with Gasteiger partial charge < -0.3 is 10.0 Å². The lowest BCUT2D eigenvalue weighted by molar-refractivity contribution is -0.134. The summed E-state index contributed by atoms with van der Waals surface area (Å²) in [6.07, 6.45) is 1.93. The lowest BCUT2D eigenvalue weighted by Gasteiger charge is -2.18. The van der Waals surface area contributed by atoms with E-state index in [1.54, 1.807) is 11.8 Å². The standard InChI is InChI=1S/C9H13NO2/c1-2-4-8-5-3-6-10(8)9(12)7-11/h8,11H,3,5-7H2,1H3. The molecule has 1 fully saturated rings. The van der Waals surface area contributed by atoms with Crippen LogP contribution in [0.3, 0.4) is 0 Å². The maximum absolute atomic E-state index is 11.1. The van der Waals surface area contributed by atoms with Gasteiger partial charge in [0.15, 0.2) is 0 Å². The van der Waals surface area contributed by atoms with Crippen molar-refractivity contribution >= 4 is 5.91 Å². The van der Waals surface area contributed by atoms with Gasteiger partial charge in [0.1, 0.15) is 6.61 Å². The fourth-order valence-electron chi connectivity index (χ4n) is 1.47. The van der Waals surface area contributed by atoms with Crippen LogP contribution in [0, 0.1) is 11.8 Å². The van der Waals surface area contributed by atoms with Crippen LogP contribution in [0.4, 0.5) is 0 Å². The van der Waals surface area contributed by atoms with Crippen molar-refractivity contribution in [3.63, 3.8) is 0 Å². The first kappa shape index (κ1) is 9.08. The Morgan fingerprint density at radius 2 is 2.50 bits per heavy atom. The van der Waals surface area contributed by atoms with E-state index in [2.05, 4.69) is 11.8 Å². The zero-order chi connectivity index (χ0) is 8.97. The number of carbonyl (C=O) groups excluding carboxylic acids is 1. The molecule has 1 saturated heterocycles. The van der Waals surface area contributed by atoms with Gasteiger partial charge in [-0.3, -0.25) is 4.79 Å². The molecule has 3 nitrogen and oxygen atoms in total. The van der Waals surface area contributed by atoms with Gasteiger partial charge in [-0.2, -0.15) is 0 Å². The minimum absolute atomic E-state index is 0.0367. The number of aliphatic hydroxyl groups is 1. The van der Waals surface area contributed by atoms with Gasteiger partial charge in [-0.05, 0) is 19.8 Å². The average molecular weight is 167 g/mol. The molecule has 0 aliphatic carbocycles. The molecule has 0 aromatic rings. The average Bonchev–Trinajstić information content (AvgIpc) is 2.52. The molecule has 0 aromatic carbocycles. The van der Waals surface area contributed by atoms with Crippen molar-refractivity contribution in [1.29, 1.82) is 0 Å². The van der Waals surface area contributed by atoms with Crippen LogP contribution in [0.5, 0.6) is 0 Å². The molecule has 0 bridgehead atoms. The summed E-state index contributed by atoms with van der Waals surface area (Å²) in [6, 6.07) is 0.0367. The van der Waals surface area contributed by atoms with Crippen LogP contribution >= 0.6 is 0 Å². The Bertz CT molecular complexity index is 226. The number of rotatable bonds is 1. The molecule has 3 heteroatoms. The number of carbonyl (C=O) groups is 1. The largest absolute Gasteiger partial charge is 0.387 e. The van der Waals surface area contributed by atoms with Gasteiger partial charge in [-0.1, -0.05) is 5.92 Å². The van der Waals surface area contributed by atoms with Crippen molar-refractivity contribution in [3.05, 3.63) is 0 Å². The van der Waals surface area contributed by atoms with E-state index in [-0.39, 0.29) is 11.9 Å². The maximum atomic E-state index is 11.1. The summed E-state index contributed by atoms with van der Waals surface area (Å²) in [4.78, 5) is 12.8. The molecule has 1 aliphatic heterocycles. The molecule has 66 valence electrons. The van der Waals surface area contributed by atoms with Gasteiger partial charge in [0, 0.05) is 6.54 Å². The highest BCUT2D eigenvalue weighted by Gasteiger charge is 2.26. The smallest absolute Gasteiger partial charge is 0.249 e. The summed E-state index contributed by atoms with van der Waals surface area (Å²) in [7, 11) is 0. The first-order valence-corrected chi connectivity index (χ1v) is 4.12. The zero-order valence-electron chi connectivity index (χ0n) is 7.21. The lowest BCUT2D eigenvalue weighted by atomic mass is 10.2. The highest BCUT2D eigenvalue weighted by atomic mass is 16.3. The second-order valence-corrected chi connectivity index (χ2v) is 2.80. The van der Waals surface area contributed by atoms with Crippen LogP contribution in [0.1, 0.15) is 19.8 Å². The van der Waals surface area contributed by atoms with Gasteiger partial charge in [-0.25, -0.2) is 0 Å². The van der Waals surface area contributed by atoms with Crippen LogP contribution in [-0.4, -0.2) is 35.1 Å². The first-order valence-electron chi connectivity index (χ1n) is 4.12. The summed E-state index contributed by atoms with van der Waals surface area (Å²) in [5, 5.41) is 8.64. The number of amides is 1. The molecular formula is C9H13NO2. The van der Waals surface area contributed by atoms with Crippen molar-refractivity contribution in [1.82, 2.24) is 4.90 Å². The van der Waals surface area contributed by atoms with Crippen LogP contribution in [0.2, 0.25) is 0 Å². The van der Waals surface area contributed by atoms with Crippen LogP contribution < -0.4 is 0 Å². The topological polar surface area (TPSA) is 40.5 Å². The third-order valence-corrected chi connectivity index (χ3v) is 2.02. The van der Waals surface area contributed by atoms with E-state index in [4.69, 9.17) is 5.11 Å². The molecule has 0 saturated carbocycles. The Labute approximate surface area is 72.4 Å². The molecule has 1 rings (SSSR count). The first-order chi connectivity index (χ1) is 5.79. The summed E-state index contributed by atoms with van der Waals surface area (Å²) >= 11 is 0. The quantitative estimate of drug-likeness (QED) is 0.558. The molecule has 1 amide bonds. The van der Waals surface area contributed by atoms with E-state index in [0.29, 0.717) is 0 Å². The van der Waals surface area contributed by atoms with Crippen molar-refractivity contribution in [2.75, 3.05) is 13.2 Å². The SMILES string of the molecule is CC#CC1CCCN1C(=O)CO. The van der Waals surface area contributed by atoms with Crippen molar-refractivity contribution in [3.8, 4) is 11.8 Å². The van der Waals surface area contributed by atoms with E-state index in [1.165, 1.54) is 0 Å². The third-order valence-electron chi connectivity index (χ3n) is 2.02. The molecule has 1 N–H and O–H groups in total. The van der Waals surface area contributed by atoms with E-state index >= 15 is 0 Å². The van der Waals surface area contributed by atoms with Crippen LogP contribution in [-0.2, 0) is 4.79 Å². The number of aliphatic hydroxyl groups excluding tert-OH is 1. The van der Waals surface area contributed by atoms with Gasteiger partial charge in [0.25, 0.3) is 0 Å². The summed E-state index contributed by atoms with van der Waals surface area (Å²) in [5.74, 6) is 5.54. The molecule has 1 unspecified atom stereocenters. The monoisotopic (exact) mass is 167 g/mol. The fraction of sp³-hybridized carbons (Fsp3) is 0.667. The molecule has 0 radical (unpaired) electrons. The Morgan fingerprint density at radius 1 is 1.75 bits per heavy atom. The number of hydrogen-bond acceptors (Lipinski definition) is 2. The molecule has 0 spiro atoms. The van der Waals surface area contributed by atoms with E-state index in [9.17, 15) is 4.79 Å². The second kappa shape index (κ2) is 4.13. The Balaban J connectivity index is 2.61.